The largest absolute Gasteiger partial charge is 0.483 e. The molecule has 2 amide bonds. The normalized spacial score (nSPS) is 10.3. The SMILES string of the molecule is Cc1cc(C)c(OCC(=O)N(C)CC(=O)Nc2cccc(F)c2)c(C)c1. The summed E-state index contributed by atoms with van der Waals surface area (Å²) < 4.78 is 18.8. The van der Waals surface area contributed by atoms with Crippen LogP contribution in [0.3, 0.4) is 0 Å². The van der Waals surface area contributed by atoms with E-state index in [1.807, 2.05) is 32.9 Å². The molecule has 5 nitrogen and oxygen atoms in total. The van der Waals surface area contributed by atoms with Crippen LogP contribution >= 0.6 is 0 Å². The molecule has 2 rings (SSSR count). The van der Waals surface area contributed by atoms with Crippen molar-refractivity contribution < 1.29 is 18.7 Å². The first kappa shape index (κ1) is 19.4. The van der Waals surface area contributed by atoms with Gasteiger partial charge in [-0.2, -0.15) is 0 Å². The summed E-state index contributed by atoms with van der Waals surface area (Å²) in [6, 6.07) is 9.56. The molecule has 0 atom stereocenters. The van der Waals surface area contributed by atoms with Crippen molar-refractivity contribution in [1.82, 2.24) is 4.90 Å². The monoisotopic (exact) mass is 358 g/mol. The first-order chi connectivity index (χ1) is 12.3. The molecule has 0 saturated heterocycles. The highest BCUT2D eigenvalue weighted by atomic mass is 19.1. The van der Waals surface area contributed by atoms with Gasteiger partial charge in [0.05, 0.1) is 6.54 Å². The summed E-state index contributed by atoms with van der Waals surface area (Å²) in [6.07, 6.45) is 0. The fourth-order valence-corrected chi connectivity index (χ4v) is 2.71. The van der Waals surface area contributed by atoms with Crippen molar-refractivity contribution in [3.05, 3.63) is 58.9 Å². The number of rotatable bonds is 6. The second-order valence-electron chi connectivity index (χ2n) is 6.32. The van der Waals surface area contributed by atoms with Crippen LogP contribution in [0.4, 0.5) is 10.1 Å². The van der Waals surface area contributed by atoms with Gasteiger partial charge in [-0.25, -0.2) is 4.39 Å². The minimum atomic E-state index is -0.440. The van der Waals surface area contributed by atoms with Crippen LogP contribution in [0.2, 0.25) is 0 Å². The van der Waals surface area contributed by atoms with Gasteiger partial charge in [0, 0.05) is 12.7 Å². The van der Waals surface area contributed by atoms with E-state index < -0.39 is 11.7 Å². The summed E-state index contributed by atoms with van der Waals surface area (Å²) >= 11 is 0. The maximum Gasteiger partial charge on any atom is 0.260 e. The molecule has 0 heterocycles. The molecule has 0 radical (unpaired) electrons. The van der Waals surface area contributed by atoms with Gasteiger partial charge in [-0.15, -0.1) is 0 Å². The van der Waals surface area contributed by atoms with E-state index in [0.717, 1.165) is 16.7 Å². The summed E-state index contributed by atoms with van der Waals surface area (Å²) in [6.45, 7) is 5.55. The van der Waals surface area contributed by atoms with E-state index in [0.29, 0.717) is 11.4 Å². The smallest absolute Gasteiger partial charge is 0.260 e. The van der Waals surface area contributed by atoms with Crippen LogP contribution in [0, 0.1) is 26.6 Å². The number of aryl methyl sites for hydroxylation is 3. The number of halogens is 1. The molecule has 0 aliphatic rings. The van der Waals surface area contributed by atoms with E-state index in [1.165, 1.54) is 30.1 Å². The van der Waals surface area contributed by atoms with Crippen molar-refractivity contribution in [3.8, 4) is 5.75 Å². The van der Waals surface area contributed by atoms with E-state index in [1.54, 1.807) is 6.07 Å². The molecule has 6 heteroatoms. The molecule has 0 saturated carbocycles. The Kier molecular flexibility index (Phi) is 6.33. The number of hydrogen-bond acceptors (Lipinski definition) is 3. The molecule has 0 aliphatic heterocycles. The lowest BCUT2D eigenvalue weighted by Crippen LogP contribution is -2.37. The van der Waals surface area contributed by atoms with Crippen LogP contribution in [0.1, 0.15) is 16.7 Å². The van der Waals surface area contributed by atoms with E-state index in [4.69, 9.17) is 4.74 Å². The van der Waals surface area contributed by atoms with Gasteiger partial charge in [0.1, 0.15) is 11.6 Å². The zero-order chi connectivity index (χ0) is 19.3. The Balaban J connectivity index is 1.88. The van der Waals surface area contributed by atoms with Crippen molar-refractivity contribution in [1.29, 1.82) is 0 Å². The van der Waals surface area contributed by atoms with Crippen molar-refractivity contribution >= 4 is 17.5 Å². The molecule has 2 aromatic rings. The molecule has 0 bridgehead atoms. The van der Waals surface area contributed by atoms with Gasteiger partial charge in [-0.05, 0) is 50.1 Å². The Morgan fingerprint density at radius 1 is 1.12 bits per heavy atom. The third-order valence-corrected chi connectivity index (χ3v) is 3.86. The number of carbonyl (C=O) groups excluding carboxylic acids is 2. The summed E-state index contributed by atoms with van der Waals surface area (Å²) in [7, 11) is 1.52. The van der Waals surface area contributed by atoms with Crippen molar-refractivity contribution in [2.24, 2.45) is 0 Å². The minimum Gasteiger partial charge on any atom is -0.483 e. The number of likely N-dealkylation sites (N-methyl/N-ethyl adjacent to an activating group) is 1. The van der Waals surface area contributed by atoms with Crippen LogP contribution in [0.15, 0.2) is 36.4 Å². The molecular formula is C20H23FN2O3. The fourth-order valence-electron chi connectivity index (χ4n) is 2.71. The van der Waals surface area contributed by atoms with E-state index in [9.17, 15) is 14.0 Å². The maximum absolute atomic E-state index is 13.1. The zero-order valence-corrected chi connectivity index (χ0v) is 15.4. The van der Waals surface area contributed by atoms with Gasteiger partial charge >= 0.3 is 0 Å². The molecule has 1 N–H and O–H groups in total. The number of nitrogens with one attached hydrogen (secondary N) is 1. The Morgan fingerprint density at radius 3 is 2.38 bits per heavy atom. The van der Waals surface area contributed by atoms with Gasteiger partial charge in [-0.1, -0.05) is 23.8 Å². The predicted octanol–water partition coefficient (Wildman–Crippen LogP) is 3.23. The average Bonchev–Trinajstić information content (AvgIpc) is 2.53. The Bertz CT molecular complexity index is 797. The van der Waals surface area contributed by atoms with Gasteiger partial charge in [0.2, 0.25) is 5.91 Å². The van der Waals surface area contributed by atoms with Gasteiger partial charge in [0.25, 0.3) is 5.91 Å². The van der Waals surface area contributed by atoms with Crippen LogP contribution in [-0.4, -0.2) is 36.9 Å². The number of amides is 2. The molecule has 0 aromatic heterocycles. The topological polar surface area (TPSA) is 58.6 Å². The highest BCUT2D eigenvalue weighted by molar-refractivity contribution is 5.94. The number of anilines is 1. The molecule has 0 spiro atoms. The minimum absolute atomic E-state index is 0.148. The quantitative estimate of drug-likeness (QED) is 0.862. The van der Waals surface area contributed by atoms with Gasteiger partial charge < -0.3 is 15.0 Å². The molecule has 0 aliphatic carbocycles. The van der Waals surface area contributed by atoms with Gasteiger partial charge in [-0.3, -0.25) is 9.59 Å². The molecule has 0 unspecified atom stereocenters. The van der Waals surface area contributed by atoms with Crippen molar-refractivity contribution in [2.45, 2.75) is 20.8 Å². The highest BCUT2D eigenvalue weighted by Crippen LogP contribution is 2.24. The van der Waals surface area contributed by atoms with E-state index in [2.05, 4.69) is 5.32 Å². The van der Waals surface area contributed by atoms with Crippen LogP contribution in [0.5, 0.6) is 5.75 Å². The third-order valence-electron chi connectivity index (χ3n) is 3.86. The first-order valence-corrected chi connectivity index (χ1v) is 8.26. The summed E-state index contributed by atoms with van der Waals surface area (Å²) in [5, 5.41) is 2.55. The highest BCUT2D eigenvalue weighted by Gasteiger charge is 2.15. The number of hydrogen-bond donors (Lipinski definition) is 1. The Hall–Kier alpha value is -2.89. The van der Waals surface area contributed by atoms with Crippen LogP contribution < -0.4 is 10.1 Å². The molecule has 138 valence electrons. The third kappa shape index (κ3) is 5.31. The lowest BCUT2D eigenvalue weighted by Gasteiger charge is -2.18. The molecule has 2 aromatic carbocycles. The van der Waals surface area contributed by atoms with E-state index in [-0.39, 0.29) is 19.1 Å². The van der Waals surface area contributed by atoms with Crippen molar-refractivity contribution in [3.63, 3.8) is 0 Å². The second-order valence-corrected chi connectivity index (χ2v) is 6.32. The molecule has 26 heavy (non-hydrogen) atoms. The zero-order valence-electron chi connectivity index (χ0n) is 15.4. The number of ether oxygens (including phenoxy) is 1. The molecular weight excluding hydrogens is 335 g/mol. The second kappa shape index (κ2) is 8.47. The Morgan fingerprint density at radius 2 is 1.77 bits per heavy atom. The first-order valence-electron chi connectivity index (χ1n) is 8.26. The summed E-state index contributed by atoms with van der Waals surface area (Å²) in [5.41, 5.74) is 3.39. The number of nitrogens with zero attached hydrogens (tertiary/aromatic N) is 1. The lowest BCUT2D eigenvalue weighted by atomic mass is 10.1. The maximum atomic E-state index is 13.1. The summed E-state index contributed by atoms with van der Waals surface area (Å²) in [4.78, 5) is 25.5. The molecule has 0 fully saturated rings. The van der Waals surface area contributed by atoms with Crippen LogP contribution in [-0.2, 0) is 9.59 Å². The fraction of sp³-hybridized carbons (Fsp3) is 0.300. The number of carbonyl (C=O) groups is 2. The lowest BCUT2D eigenvalue weighted by molar-refractivity contribution is -0.135. The van der Waals surface area contributed by atoms with E-state index >= 15 is 0 Å². The summed E-state index contributed by atoms with van der Waals surface area (Å²) in [5.74, 6) is -0.487. The number of benzene rings is 2. The average molecular weight is 358 g/mol. The predicted molar refractivity (Wildman–Crippen MR) is 98.8 cm³/mol. The van der Waals surface area contributed by atoms with Gasteiger partial charge in [0.15, 0.2) is 6.61 Å². The Labute approximate surface area is 152 Å². The standard InChI is InChI=1S/C20H23FN2O3/c1-13-8-14(2)20(15(3)9-13)26-12-19(25)23(4)11-18(24)22-17-7-5-6-16(21)10-17/h5-10H,11-12H2,1-4H3,(H,22,24). The van der Waals surface area contributed by atoms with Crippen LogP contribution in [0.25, 0.3) is 0 Å². The van der Waals surface area contributed by atoms with Crippen molar-refractivity contribution in [2.75, 3.05) is 25.5 Å².